The van der Waals surface area contributed by atoms with Crippen LogP contribution in [0.2, 0.25) is 0 Å². The van der Waals surface area contributed by atoms with Crippen molar-refractivity contribution in [3.8, 4) is 0 Å². The van der Waals surface area contributed by atoms with Crippen molar-refractivity contribution in [1.82, 2.24) is 30.0 Å². The molecule has 11 heteroatoms. The molecule has 2 aromatic heterocycles. The molecule has 0 radical (unpaired) electrons. The van der Waals surface area contributed by atoms with Gasteiger partial charge < -0.3 is 10.2 Å². The number of likely N-dealkylation sites (tertiary alicyclic amines) is 1. The average molecular weight is 482 g/mol. The first-order valence-electron chi connectivity index (χ1n) is 12.0. The SMILES string of the molecule is CC1CC(C)CN(C(C)(C)CNC(=O)C2CCN(c3ccc4nnc(C(F)(F)F)n4n3)CC2)C1. The van der Waals surface area contributed by atoms with E-state index in [9.17, 15) is 18.0 Å². The highest BCUT2D eigenvalue weighted by Gasteiger charge is 2.38. The lowest BCUT2D eigenvalue weighted by Gasteiger charge is -2.45. The number of piperidine rings is 2. The number of carbonyl (C=O) groups excluding carboxylic acids is 1. The third-order valence-corrected chi connectivity index (χ3v) is 7.11. The maximum atomic E-state index is 13.2. The van der Waals surface area contributed by atoms with Crippen molar-refractivity contribution >= 4 is 17.4 Å². The smallest absolute Gasteiger partial charge is 0.355 e. The quantitative estimate of drug-likeness (QED) is 0.707. The largest absolute Gasteiger partial charge is 0.453 e. The maximum Gasteiger partial charge on any atom is 0.453 e. The number of nitrogens with zero attached hydrogens (tertiary/aromatic N) is 6. The van der Waals surface area contributed by atoms with Gasteiger partial charge in [0, 0.05) is 44.2 Å². The first-order valence-corrected chi connectivity index (χ1v) is 12.0. The molecule has 1 N–H and O–H groups in total. The first kappa shape index (κ1) is 24.7. The fraction of sp³-hybridized carbons (Fsp3) is 0.739. The van der Waals surface area contributed by atoms with Gasteiger partial charge in [0.2, 0.25) is 5.91 Å². The molecule has 2 aliphatic heterocycles. The zero-order valence-corrected chi connectivity index (χ0v) is 20.3. The Labute approximate surface area is 197 Å². The summed E-state index contributed by atoms with van der Waals surface area (Å²) in [5.41, 5.74) is -0.0707. The van der Waals surface area contributed by atoms with Crippen LogP contribution in [0.5, 0.6) is 0 Å². The Kier molecular flexibility index (Phi) is 6.76. The fourth-order valence-electron chi connectivity index (χ4n) is 5.21. The predicted molar refractivity (Wildman–Crippen MR) is 122 cm³/mol. The van der Waals surface area contributed by atoms with Gasteiger partial charge in [0.1, 0.15) is 5.82 Å². The highest BCUT2D eigenvalue weighted by Crippen LogP contribution is 2.29. The molecule has 4 rings (SSSR count). The monoisotopic (exact) mass is 481 g/mol. The van der Waals surface area contributed by atoms with Crippen molar-refractivity contribution in [1.29, 1.82) is 0 Å². The van der Waals surface area contributed by atoms with Gasteiger partial charge in [0.25, 0.3) is 5.82 Å². The molecule has 8 nitrogen and oxygen atoms in total. The molecule has 0 aromatic carbocycles. The van der Waals surface area contributed by atoms with E-state index in [0.717, 1.165) is 17.6 Å². The van der Waals surface area contributed by atoms with Gasteiger partial charge in [-0.25, -0.2) is 0 Å². The van der Waals surface area contributed by atoms with Crippen molar-refractivity contribution in [3.05, 3.63) is 18.0 Å². The molecule has 2 atom stereocenters. The van der Waals surface area contributed by atoms with Crippen molar-refractivity contribution in [2.45, 2.75) is 58.7 Å². The van der Waals surface area contributed by atoms with E-state index in [-0.39, 0.29) is 23.0 Å². The highest BCUT2D eigenvalue weighted by atomic mass is 19.4. The molecule has 34 heavy (non-hydrogen) atoms. The molecular formula is C23H34F3N7O. The van der Waals surface area contributed by atoms with Crippen LogP contribution >= 0.6 is 0 Å². The van der Waals surface area contributed by atoms with Crippen LogP contribution in [0.1, 0.15) is 52.8 Å². The van der Waals surface area contributed by atoms with E-state index in [1.807, 2.05) is 4.90 Å². The molecular weight excluding hydrogens is 447 g/mol. The van der Waals surface area contributed by atoms with Gasteiger partial charge in [-0.05, 0) is 57.1 Å². The minimum absolute atomic E-state index is 0.0467. The topological polar surface area (TPSA) is 78.7 Å². The molecule has 2 aromatic rings. The summed E-state index contributed by atoms with van der Waals surface area (Å²) in [4.78, 5) is 17.3. The molecule has 4 heterocycles. The van der Waals surface area contributed by atoms with E-state index in [2.05, 4.69) is 53.2 Å². The number of aromatic nitrogens is 4. The van der Waals surface area contributed by atoms with Crippen molar-refractivity contribution in [2.24, 2.45) is 17.8 Å². The van der Waals surface area contributed by atoms with Gasteiger partial charge in [-0.2, -0.15) is 17.7 Å². The van der Waals surface area contributed by atoms with E-state index in [1.54, 1.807) is 6.07 Å². The third kappa shape index (κ3) is 5.29. The third-order valence-electron chi connectivity index (χ3n) is 7.11. The minimum Gasteiger partial charge on any atom is -0.355 e. The number of hydrogen-bond acceptors (Lipinski definition) is 6. The predicted octanol–water partition coefficient (Wildman–Crippen LogP) is 3.23. The summed E-state index contributed by atoms with van der Waals surface area (Å²) in [7, 11) is 0. The van der Waals surface area contributed by atoms with E-state index in [4.69, 9.17) is 0 Å². The van der Waals surface area contributed by atoms with Gasteiger partial charge in [0.05, 0.1) is 0 Å². The Morgan fingerprint density at radius 3 is 2.35 bits per heavy atom. The number of alkyl halides is 3. The number of fused-ring (bicyclic) bond motifs is 1. The Morgan fingerprint density at radius 2 is 1.74 bits per heavy atom. The lowest BCUT2D eigenvalue weighted by molar-refractivity contribution is -0.146. The molecule has 2 saturated heterocycles. The van der Waals surface area contributed by atoms with Crippen LogP contribution in [0.15, 0.2) is 12.1 Å². The van der Waals surface area contributed by atoms with Gasteiger partial charge in [-0.15, -0.1) is 15.3 Å². The molecule has 2 aliphatic rings. The Hall–Kier alpha value is -2.43. The zero-order valence-electron chi connectivity index (χ0n) is 20.3. The summed E-state index contributed by atoms with van der Waals surface area (Å²) in [5.74, 6) is 0.523. The zero-order chi connectivity index (χ0) is 24.7. The molecule has 188 valence electrons. The standard InChI is InChI=1S/C23H34F3N7O/c1-15-11-16(2)13-32(12-15)22(3,4)14-27-20(34)17-7-9-31(10-8-17)19-6-5-18-28-29-21(23(24,25)26)33(18)30-19/h5-6,15-17H,7-14H2,1-4H3,(H,27,34). The van der Waals surface area contributed by atoms with Crippen molar-refractivity contribution in [3.63, 3.8) is 0 Å². The first-order chi connectivity index (χ1) is 15.9. The summed E-state index contributed by atoms with van der Waals surface area (Å²) in [6.07, 6.45) is -2.14. The number of anilines is 1. The van der Waals surface area contributed by atoms with Gasteiger partial charge >= 0.3 is 6.18 Å². The van der Waals surface area contributed by atoms with Crippen LogP contribution in [0.4, 0.5) is 19.0 Å². The molecule has 1 amide bonds. The number of nitrogens with one attached hydrogen (secondary N) is 1. The van der Waals surface area contributed by atoms with E-state index >= 15 is 0 Å². The van der Waals surface area contributed by atoms with Crippen molar-refractivity contribution < 1.29 is 18.0 Å². The summed E-state index contributed by atoms with van der Waals surface area (Å²) in [5, 5.41) is 14.0. The lowest BCUT2D eigenvalue weighted by atomic mass is 9.87. The Balaban J connectivity index is 1.32. The molecule has 0 aliphatic carbocycles. The van der Waals surface area contributed by atoms with Gasteiger partial charge in [-0.1, -0.05) is 13.8 Å². The summed E-state index contributed by atoms with van der Waals surface area (Å²) >= 11 is 0. The second-order valence-electron chi connectivity index (χ2n) is 10.6. The van der Waals surface area contributed by atoms with Gasteiger partial charge in [0.15, 0.2) is 5.65 Å². The van der Waals surface area contributed by atoms with Crippen molar-refractivity contribution in [2.75, 3.05) is 37.6 Å². The fourth-order valence-corrected chi connectivity index (χ4v) is 5.21. The van der Waals surface area contributed by atoms with Crippen LogP contribution < -0.4 is 10.2 Å². The van der Waals surface area contributed by atoms with Crippen LogP contribution in [0.3, 0.4) is 0 Å². The number of rotatable bonds is 5. The van der Waals surface area contributed by atoms with E-state index < -0.39 is 12.0 Å². The molecule has 0 spiro atoms. The van der Waals surface area contributed by atoms with Gasteiger partial charge in [-0.3, -0.25) is 9.69 Å². The van der Waals surface area contributed by atoms with Crippen LogP contribution in [0, 0.1) is 17.8 Å². The highest BCUT2D eigenvalue weighted by molar-refractivity contribution is 5.79. The second-order valence-corrected chi connectivity index (χ2v) is 10.6. The average Bonchev–Trinajstić information content (AvgIpc) is 3.21. The maximum absolute atomic E-state index is 13.2. The minimum atomic E-state index is -4.63. The second kappa shape index (κ2) is 9.31. The summed E-state index contributed by atoms with van der Waals surface area (Å²) < 4.78 is 40.2. The normalized spacial score (nSPS) is 23.4. The number of halogens is 3. The van der Waals surface area contributed by atoms with Crippen LogP contribution in [0.25, 0.3) is 5.65 Å². The summed E-state index contributed by atoms with van der Waals surface area (Å²) in [6, 6.07) is 3.13. The van der Waals surface area contributed by atoms with Crippen LogP contribution in [-0.4, -0.2) is 68.9 Å². The number of amides is 1. The number of carbonyl (C=O) groups is 1. The Bertz CT molecular complexity index is 1000. The molecule has 2 fully saturated rings. The van der Waals surface area contributed by atoms with Crippen LogP contribution in [-0.2, 0) is 11.0 Å². The molecule has 2 unspecified atom stereocenters. The van der Waals surface area contributed by atoms with E-state index in [1.165, 1.54) is 12.5 Å². The molecule has 0 saturated carbocycles. The van der Waals surface area contributed by atoms with E-state index in [0.29, 0.717) is 50.1 Å². The summed E-state index contributed by atoms with van der Waals surface area (Å²) in [6.45, 7) is 12.7. The molecule has 0 bridgehead atoms. The Morgan fingerprint density at radius 1 is 1.09 bits per heavy atom. The number of hydrogen-bond donors (Lipinski definition) is 1. The lowest BCUT2D eigenvalue weighted by Crippen LogP contribution is -2.56.